The highest BCUT2D eigenvalue weighted by molar-refractivity contribution is 7.82. The molecule has 1 unspecified atom stereocenters. The lowest BCUT2D eigenvalue weighted by molar-refractivity contribution is 0.0328. The van der Waals surface area contributed by atoms with Crippen LogP contribution in [0.25, 0.3) is 0 Å². The molecule has 2 fully saturated rings. The minimum Gasteiger partial charge on any atom is -0.381 e. The molecule has 36 heavy (non-hydrogen) atoms. The lowest BCUT2D eigenvalue weighted by atomic mass is 9.79. The van der Waals surface area contributed by atoms with Crippen molar-refractivity contribution in [2.45, 2.75) is 67.2 Å². The molecule has 0 saturated carbocycles. The van der Waals surface area contributed by atoms with Gasteiger partial charge in [-0.2, -0.15) is 0 Å². The van der Waals surface area contributed by atoms with E-state index >= 15 is 0 Å². The molecule has 0 aliphatic carbocycles. The van der Waals surface area contributed by atoms with Crippen molar-refractivity contribution in [1.29, 1.82) is 0 Å². The van der Waals surface area contributed by atoms with Gasteiger partial charge in [0.2, 0.25) is 0 Å². The van der Waals surface area contributed by atoms with E-state index in [0.29, 0.717) is 5.92 Å². The van der Waals surface area contributed by atoms with E-state index in [-0.39, 0.29) is 10.8 Å². The first-order valence-electron chi connectivity index (χ1n) is 13.2. The van der Waals surface area contributed by atoms with Gasteiger partial charge in [0.15, 0.2) is 10.2 Å². The molecule has 2 saturated heterocycles. The molecule has 0 radical (unpaired) electrons. The van der Waals surface area contributed by atoms with E-state index in [2.05, 4.69) is 61.6 Å². The van der Waals surface area contributed by atoms with Crippen molar-refractivity contribution < 1.29 is 9.47 Å². The molecule has 1 atom stereocenters. The molecular formula is C26H46N4O2S4. The van der Waals surface area contributed by atoms with E-state index in [4.69, 9.17) is 58.3 Å². The van der Waals surface area contributed by atoms with Gasteiger partial charge in [-0.05, 0) is 73.8 Å². The van der Waals surface area contributed by atoms with Gasteiger partial charge in [-0.25, -0.2) is 0 Å². The topological polar surface area (TPSA) is 40.2 Å². The second-order valence-corrected chi connectivity index (χ2v) is 13.4. The van der Waals surface area contributed by atoms with Gasteiger partial charge in [0.1, 0.15) is 9.98 Å². The third kappa shape index (κ3) is 10.3. The van der Waals surface area contributed by atoms with Crippen molar-refractivity contribution in [3.05, 3.63) is 0 Å². The number of hydrogen-bond acceptors (Lipinski definition) is 6. The predicted molar refractivity (Wildman–Crippen MR) is 166 cm³/mol. The molecule has 0 bridgehead atoms. The molecule has 2 rings (SSSR count). The fourth-order valence-electron chi connectivity index (χ4n) is 4.49. The Morgan fingerprint density at radius 3 is 2.17 bits per heavy atom. The van der Waals surface area contributed by atoms with Gasteiger partial charge < -0.3 is 29.5 Å². The lowest BCUT2D eigenvalue weighted by Crippen LogP contribution is -2.39. The monoisotopic (exact) mass is 574 g/mol. The summed E-state index contributed by atoms with van der Waals surface area (Å²) in [5, 5.41) is 4.70. The Bertz CT molecular complexity index is 784. The Balaban J connectivity index is 1.56. The van der Waals surface area contributed by atoms with Crippen LogP contribution in [0.1, 0.15) is 67.2 Å². The van der Waals surface area contributed by atoms with Gasteiger partial charge >= 0.3 is 0 Å². The standard InChI is InChI=1S/C26H46N4O2S4/c1-7-28-17-22(34)30(24(28)36)19-26(5,6)11-8-13-31-14-9-15-32-18-20(25(2,3)4)10-12-29-16-21(33)27-23(29)35/h20H,7-19H2,1-6H3,(H,27,33,35). The first-order chi connectivity index (χ1) is 16.8. The molecule has 10 heteroatoms. The Morgan fingerprint density at radius 2 is 1.58 bits per heavy atom. The van der Waals surface area contributed by atoms with Crippen molar-refractivity contribution in [1.82, 2.24) is 20.0 Å². The predicted octanol–water partition coefficient (Wildman–Crippen LogP) is 5.04. The van der Waals surface area contributed by atoms with Crippen LogP contribution in [0.15, 0.2) is 0 Å². The Hall–Kier alpha value is -0.520. The Labute approximate surface area is 240 Å². The van der Waals surface area contributed by atoms with Crippen LogP contribution in [0.3, 0.4) is 0 Å². The van der Waals surface area contributed by atoms with Crippen molar-refractivity contribution in [3.8, 4) is 0 Å². The Kier molecular flexibility index (Phi) is 12.8. The minimum atomic E-state index is 0.131. The highest BCUT2D eigenvalue weighted by Crippen LogP contribution is 2.30. The fourth-order valence-corrected chi connectivity index (χ4v) is 5.82. The first-order valence-corrected chi connectivity index (χ1v) is 14.8. The molecule has 0 aromatic rings. The summed E-state index contributed by atoms with van der Waals surface area (Å²) >= 11 is 21.8. The molecule has 2 aliphatic heterocycles. The van der Waals surface area contributed by atoms with E-state index in [1.54, 1.807) is 0 Å². The fraction of sp³-hybridized carbons (Fsp3) is 0.846. The largest absolute Gasteiger partial charge is 0.381 e. The van der Waals surface area contributed by atoms with Crippen LogP contribution in [-0.2, 0) is 9.47 Å². The summed E-state index contributed by atoms with van der Waals surface area (Å²) in [4.78, 5) is 8.22. The molecule has 0 spiro atoms. The second-order valence-electron chi connectivity index (χ2n) is 11.7. The van der Waals surface area contributed by atoms with Gasteiger partial charge in [-0.1, -0.05) is 59.1 Å². The number of rotatable bonds is 16. The van der Waals surface area contributed by atoms with Gasteiger partial charge in [0, 0.05) is 46.1 Å². The zero-order chi connectivity index (χ0) is 26.9. The summed E-state index contributed by atoms with van der Waals surface area (Å²) in [6, 6.07) is 0. The summed E-state index contributed by atoms with van der Waals surface area (Å²) in [6.07, 6.45) is 4.05. The maximum Gasteiger partial charge on any atom is 0.176 e. The number of nitrogens with zero attached hydrogens (tertiary/aromatic N) is 3. The maximum absolute atomic E-state index is 6.05. The number of nitrogens with one attached hydrogen (secondary N) is 1. The van der Waals surface area contributed by atoms with Crippen LogP contribution in [0.2, 0.25) is 0 Å². The van der Waals surface area contributed by atoms with Crippen molar-refractivity contribution in [3.63, 3.8) is 0 Å². The molecule has 206 valence electrons. The maximum atomic E-state index is 6.05. The van der Waals surface area contributed by atoms with Gasteiger partial charge in [0.25, 0.3) is 0 Å². The number of ether oxygens (including phenoxy) is 2. The van der Waals surface area contributed by atoms with Crippen molar-refractivity contribution in [2.24, 2.45) is 16.7 Å². The Morgan fingerprint density at radius 1 is 0.917 bits per heavy atom. The number of likely N-dealkylation sites (N-methyl/N-ethyl adjacent to an activating group) is 1. The summed E-state index contributed by atoms with van der Waals surface area (Å²) in [5.41, 5.74) is 0.308. The molecule has 1 N–H and O–H groups in total. The average molecular weight is 575 g/mol. The van der Waals surface area contributed by atoms with Crippen LogP contribution in [0.4, 0.5) is 0 Å². The highest BCUT2D eigenvalue weighted by Gasteiger charge is 2.33. The van der Waals surface area contributed by atoms with E-state index < -0.39 is 0 Å². The summed E-state index contributed by atoms with van der Waals surface area (Å²) in [6.45, 7) is 20.7. The molecule has 0 aromatic carbocycles. The third-order valence-corrected chi connectivity index (χ3v) is 8.39. The molecule has 2 heterocycles. The summed E-state index contributed by atoms with van der Waals surface area (Å²) in [7, 11) is 0. The van der Waals surface area contributed by atoms with Crippen LogP contribution >= 0.6 is 48.9 Å². The molecule has 2 aliphatic rings. The third-order valence-electron chi connectivity index (χ3n) is 6.98. The van der Waals surface area contributed by atoms with Crippen LogP contribution < -0.4 is 5.32 Å². The normalized spacial score (nSPS) is 18.0. The van der Waals surface area contributed by atoms with Crippen LogP contribution in [0, 0.1) is 16.7 Å². The van der Waals surface area contributed by atoms with Gasteiger partial charge in [-0.3, -0.25) is 0 Å². The van der Waals surface area contributed by atoms with Gasteiger partial charge in [-0.15, -0.1) is 0 Å². The highest BCUT2D eigenvalue weighted by atomic mass is 32.1. The smallest absolute Gasteiger partial charge is 0.176 e. The summed E-state index contributed by atoms with van der Waals surface area (Å²) < 4.78 is 11.9. The SMILES string of the molecule is CCN1CC(=S)N(CC(C)(C)CCCOCCCOCC(CCN2CC(=S)NC2=S)C(C)(C)C)C1=S. The molecule has 6 nitrogen and oxygen atoms in total. The van der Waals surface area contributed by atoms with E-state index in [1.807, 2.05) is 0 Å². The zero-order valence-electron chi connectivity index (χ0n) is 23.1. The van der Waals surface area contributed by atoms with Crippen molar-refractivity contribution in [2.75, 3.05) is 59.2 Å². The van der Waals surface area contributed by atoms with Crippen LogP contribution in [0.5, 0.6) is 0 Å². The first kappa shape index (κ1) is 31.7. The second kappa shape index (κ2) is 14.6. The van der Waals surface area contributed by atoms with Gasteiger partial charge in [0.05, 0.1) is 13.1 Å². The molecular weight excluding hydrogens is 529 g/mol. The van der Waals surface area contributed by atoms with Crippen molar-refractivity contribution >= 4 is 69.1 Å². The minimum absolute atomic E-state index is 0.131. The average Bonchev–Trinajstić information content (AvgIpc) is 3.24. The molecule has 0 aromatic heterocycles. The van der Waals surface area contributed by atoms with E-state index in [9.17, 15) is 0 Å². The quantitative estimate of drug-likeness (QED) is 0.200. The van der Waals surface area contributed by atoms with Crippen LogP contribution in [-0.4, -0.2) is 94.1 Å². The number of hydrogen-bond donors (Lipinski definition) is 1. The number of thiocarbonyl (C=S) groups is 4. The summed E-state index contributed by atoms with van der Waals surface area (Å²) in [5.74, 6) is 0.457. The van der Waals surface area contributed by atoms with E-state index in [1.165, 1.54) is 0 Å². The zero-order valence-corrected chi connectivity index (χ0v) is 26.3. The lowest BCUT2D eigenvalue weighted by Gasteiger charge is -2.32. The van der Waals surface area contributed by atoms with E-state index in [0.717, 1.165) is 105 Å². The molecule has 0 amide bonds.